The summed E-state index contributed by atoms with van der Waals surface area (Å²) in [6.45, 7) is 13.2. The summed E-state index contributed by atoms with van der Waals surface area (Å²) < 4.78 is 0. The lowest BCUT2D eigenvalue weighted by atomic mass is 9.90. The van der Waals surface area contributed by atoms with Crippen LogP contribution in [0.1, 0.15) is 79.1 Å². The summed E-state index contributed by atoms with van der Waals surface area (Å²) in [4.78, 5) is 2.42. The van der Waals surface area contributed by atoms with Crippen LogP contribution in [0, 0.1) is 0 Å². The van der Waals surface area contributed by atoms with E-state index in [1.165, 1.54) is 12.8 Å². The van der Waals surface area contributed by atoms with Crippen LogP contribution in [-0.2, 0) is 0 Å². The van der Waals surface area contributed by atoms with Crippen molar-refractivity contribution in [1.82, 2.24) is 10.2 Å². The van der Waals surface area contributed by atoms with Gasteiger partial charge in [-0.3, -0.25) is 0 Å². The third-order valence-corrected chi connectivity index (χ3v) is 5.75. The Kier molecular flexibility index (Phi) is 12.2. The number of hydrogen-bond acceptors (Lipinski definition) is 4. The van der Waals surface area contributed by atoms with Crippen LogP contribution < -0.4 is 16.8 Å². The molecule has 0 saturated carbocycles. The normalized spacial score (nSPS) is 13.0. The van der Waals surface area contributed by atoms with Crippen molar-refractivity contribution in [2.75, 3.05) is 33.2 Å². The maximum atomic E-state index is 6.37. The third kappa shape index (κ3) is 10.3. The maximum absolute atomic E-state index is 6.37. The molecule has 140 valence electrons. The summed E-state index contributed by atoms with van der Waals surface area (Å²) in [5.74, 6) is 0. The number of hydrogen-bond donors (Lipinski definition) is 3. The quantitative estimate of drug-likeness (QED) is 0.404. The number of nitrogens with one attached hydrogen (secondary N) is 1. The minimum Gasteiger partial charge on any atom is -0.325 e. The highest BCUT2D eigenvalue weighted by Crippen LogP contribution is 2.16. The standard InChI is InChI=1S/C19H44N4/c1-6-18(20,7-2)12-15-22-14-10-11-16-23(5)17-13-19(21,8-3)9-4/h22H,6-17,20-21H2,1-5H3. The zero-order valence-corrected chi connectivity index (χ0v) is 16.6. The Labute approximate surface area is 145 Å². The SMILES string of the molecule is CCC(N)(CC)CCNCCCCN(C)CCC(N)(CC)CC. The fourth-order valence-corrected chi connectivity index (χ4v) is 2.83. The molecule has 0 aliphatic carbocycles. The molecule has 0 bridgehead atoms. The van der Waals surface area contributed by atoms with Crippen molar-refractivity contribution in [2.24, 2.45) is 11.5 Å². The number of unbranched alkanes of at least 4 members (excludes halogenated alkanes) is 1. The van der Waals surface area contributed by atoms with Gasteiger partial charge in [-0.05, 0) is 84.6 Å². The van der Waals surface area contributed by atoms with Crippen LogP contribution in [0.3, 0.4) is 0 Å². The monoisotopic (exact) mass is 328 g/mol. The van der Waals surface area contributed by atoms with Crippen LogP contribution in [0.4, 0.5) is 0 Å². The van der Waals surface area contributed by atoms with Gasteiger partial charge in [0, 0.05) is 11.1 Å². The molecule has 0 saturated heterocycles. The molecule has 0 aliphatic rings. The predicted molar refractivity (Wildman–Crippen MR) is 104 cm³/mol. The Bertz CT molecular complexity index is 273. The lowest BCUT2D eigenvalue weighted by molar-refractivity contribution is 0.264. The summed E-state index contributed by atoms with van der Waals surface area (Å²) in [7, 11) is 2.21. The first-order chi connectivity index (χ1) is 10.8. The van der Waals surface area contributed by atoms with Gasteiger partial charge in [0.15, 0.2) is 0 Å². The lowest BCUT2D eigenvalue weighted by Crippen LogP contribution is -2.41. The Balaban J connectivity index is 3.61. The fourth-order valence-electron chi connectivity index (χ4n) is 2.83. The van der Waals surface area contributed by atoms with E-state index < -0.39 is 0 Å². The molecule has 0 spiro atoms. The van der Waals surface area contributed by atoms with Crippen molar-refractivity contribution in [3.8, 4) is 0 Å². The zero-order chi connectivity index (χ0) is 17.8. The van der Waals surface area contributed by atoms with Crippen LogP contribution in [-0.4, -0.2) is 49.2 Å². The second-order valence-corrected chi connectivity index (χ2v) is 7.40. The second-order valence-electron chi connectivity index (χ2n) is 7.40. The van der Waals surface area contributed by atoms with E-state index >= 15 is 0 Å². The second kappa shape index (κ2) is 12.2. The fraction of sp³-hybridized carbons (Fsp3) is 1.00. The highest BCUT2D eigenvalue weighted by atomic mass is 15.1. The first-order valence-electron chi connectivity index (χ1n) is 9.81. The minimum atomic E-state index is 0.0283. The van der Waals surface area contributed by atoms with Gasteiger partial charge >= 0.3 is 0 Å². The first kappa shape index (κ1) is 22.8. The lowest BCUT2D eigenvalue weighted by Gasteiger charge is -2.29. The largest absolute Gasteiger partial charge is 0.325 e. The molecule has 4 nitrogen and oxygen atoms in total. The van der Waals surface area contributed by atoms with E-state index in [0.29, 0.717) is 0 Å². The molecule has 0 aromatic carbocycles. The van der Waals surface area contributed by atoms with Gasteiger partial charge in [-0.25, -0.2) is 0 Å². The minimum absolute atomic E-state index is 0.0283. The highest BCUT2D eigenvalue weighted by molar-refractivity contribution is 4.82. The molecule has 0 rings (SSSR count). The summed E-state index contributed by atoms with van der Waals surface area (Å²) in [6, 6.07) is 0. The summed E-state index contributed by atoms with van der Waals surface area (Å²) in [5, 5.41) is 3.54. The van der Waals surface area contributed by atoms with E-state index in [1.54, 1.807) is 0 Å². The van der Waals surface area contributed by atoms with E-state index in [-0.39, 0.29) is 11.1 Å². The van der Waals surface area contributed by atoms with E-state index in [9.17, 15) is 0 Å². The molecule has 23 heavy (non-hydrogen) atoms. The van der Waals surface area contributed by atoms with E-state index in [0.717, 1.165) is 64.7 Å². The van der Waals surface area contributed by atoms with Gasteiger partial charge < -0.3 is 21.7 Å². The number of nitrogens with zero attached hydrogens (tertiary/aromatic N) is 1. The zero-order valence-electron chi connectivity index (χ0n) is 16.6. The van der Waals surface area contributed by atoms with Crippen molar-refractivity contribution < 1.29 is 0 Å². The Morgan fingerprint density at radius 1 is 0.739 bits per heavy atom. The average molecular weight is 329 g/mol. The van der Waals surface area contributed by atoms with Gasteiger partial charge in [0.05, 0.1) is 0 Å². The van der Waals surface area contributed by atoms with E-state index in [2.05, 4.69) is 45.0 Å². The number of nitrogens with two attached hydrogens (primary N) is 2. The van der Waals surface area contributed by atoms with Crippen molar-refractivity contribution in [3.05, 3.63) is 0 Å². The smallest absolute Gasteiger partial charge is 0.0161 e. The summed E-state index contributed by atoms with van der Waals surface area (Å²) in [6.07, 6.45) is 8.92. The topological polar surface area (TPSA) is 67.3 Å². The molecule has 0 unspecified atom stereocenters. The number of rotatable bonds is 15. The molecule has 0 amide bonds. The average Bonchev–Trinajstić information content (AvgIpc) is 2.58. The molecule has 0 radical (unpaired) electrons. The van der Waals surface area contributed by atoms with E-state index in [1.807, 2.05) is 0 Å². The van der Waals surface area contributed by atoms with Crippen LogP contribution in [0.2, 0.25) is 0 Å². The maximum Gasteiger partial charge on any atom is 0.0161 e. The predicted octanol–water partition coefficient (Wildman–Crippen LogP) is 3.10. The molecule has 0 aromatic heterocycles. The van der Waals surface area contributed by atoms with Gasteiger partial charge in [0.1, 0.15) is 0 Å². The van der Waals surface area contributed by atoms with Gasteiger partial charge in [0.2, 0.25) is 0 Å². The Morgan fingerprint density at radius 2 is 1.26 bits per heavy atom. The van der Waals surface area contributed by atoms with Crippen LogP contribution >= 0.6 is 0 Å². The van der Waals surface area contributed by atoms with E-state index in [4.69, 9.17) is 11.5 Å². The highest BCUT2D eigenvalue weighted by Gasteiger charge is 2.20. The first-order valence-corrected chi connectivity index (χ1v) is 9.81. The Hall–Kier alpha value is -0.160. The van der Waals surface area contributed by atoms with Gasteiger partial charge in [-0.15, -0.1) is 0 Å². The van der Waals surface area contributed by atoms with Crippen molar-refractivity contribution in [1.29, 1.82) is 0 Å². The molecule has 0 aliphatic heterocycles. The Morgan fingerprint density at radius 3 is 1.78 bits per heavy atom. The van der Waals surface area contributed by atoms with Crippen molar-refractivity contribution in [3.63, 3.8) is 0 Å². The molecule has 5 N–H and O–H groups in total. The molecule has 0 fully saturated rings. The summed E-state index contributed by atoms with van der Waals surface area (Å²) >= 11 is 0. The third-order valence-electron chi connectivity index (χ3n) is 5.75. The van der Waals surface area contributed by atoms with Gasteiger partial charge in [-0.2, -0.15) is 0 Å². The molecule has 4 heteroatoms. The van der Waals surface area contributed by atoms with Crippen LogP contribution in [0.15, 0.2) is 0 Å². The van der Waals surface area contributed by atoms with Gasteiger partial charge in [0.25, 0.3) is 0 Å². The van der Waals surface area contributed by atoms with Gasteiger partial charge in [-0.1, -0.05) is 27.7 Å². The molecular formula is C19H44N4. The van der Waals surface area contributed by atoms with Crippen LogP contribution in [0.5, 0.6) is 0 Å². The van der Waals surface area contributed by atoms with Crippen molar-refractivity contribution in [2.45, 2.75) is 90.1 Å². The molecular weight excluding hydrogens is 284 g/mol. The van der Waals surface area contributed by atoms with Crippen molar-refractivity contribution >= 4 is 0 Å². The van der Waals surface area contributed by atoms with Crippen LogP contribution in [0.25, 0.3) is 0 Å². The molecule has 0 aromatic rings. The molecule has 0 heterocycles. The summed E-state index contributed by atoms with van der Waals surface area (Å²) in [5.41, 5.74) is 12.7. The molecule has 0 atom stereocenters.